The molecule has 0 aromatic heterocycles. The van der Waals surface area contributed by atoms with Crippen molar-refractivity contribution in [1.82, 2.24) is 0 Å². The summed E-state index contributed by atoms with van der Waals surface area (Å²) < 4.78 is 0. The zero-order chi connectivity index (χ0) is 7.49. The number of allylic oxidation sites excluding steroid dienone is 1. The zero-order valence-corrected chi connectivity index (χ0v) is 7.19. The number of carbonyl (C=O) groups is 1. The van der Waals surface area contributed by atoms with Gasteiger partial charge in [0, 0.05) is 6.08 Å². The van der Waals surface area contributed by atoms with Crippen LogP contribution in [0, 0.1) is 0 Å². The highest BCUT2D eigenvalue weighted by Gasteiger charge is 2.20. The number of hydrogen-bond donors (Lipinski definition) is 0. The van der Waals surface area contributed by atoms with Gasteiger partial charge in [-0.2, -0.15) is 0 Å². The summed E-state index contributed by atoms with van der Waals surface area (Å²) in [6.45, 7) is 9.34. The Balaban J connectivity index is 4.22. The second-order valence-electron chi connectivity index (χ2n) is 2.96. The molecule has 0 saturated carbocycles. The van der Waals surface area contributed by atoms with Crippen molar-refractivity contribution in [3.63, 3.8) is 0 Å². The third-order valence-corrected chi connectivity index (χ3v) is 2.60. The third-order valence-electron chi connectivity index (χ3n) is 0.972. The van der Waals surface area contributed by atoms with Crippen molar-refractivity contribution in [1.29, 1.82) is 0 Å². The second kappa shape index (κ2) is 2.81. The van der Waals surface area contributed by atoms with Crippen LogP contribution in [0.1, 0.15) is 0 Å². The molecule has 0 heterocycles. The van der Waals surface area contributed by atoms with E-state index in [9.17, 15) is 4.79 Å². The van der Waals surface area contributed by atoms with Crippen molar-refractivity contribution in [3.05, 3.63) is 18.4 Å². The monoisotopic (exact) mass is 140 g/mol. The number of carbonyl (C=O) groups excluding carboxylic acids is 1. The molecule has 1 nitrogen and oxygen atoms in total. The topological polar surface area (TPSA) is 17.1 Å². The van der Waals surface area contributed by atoms with Gasteiger partial charge in [0.15, 0.2) is 0 Å². The maximum atomic E-state index is 11.0. The Morgan fingerprint density at radius 2 is 2.00 bits per heavy atom. The van der Waals surface area contributed by atoms with Crippen LogP contribution in [0.5, 0.6) is 0 Å². The summed E-state index contributed by atoms with van der Waals surface area (Å²) in [6.07, 6.45) is 1.44. The Labute approximate surface area is 57.1 Å². The molecule has 0 radical (unpaired) electrons. The van der Waals surface area contributed by atoms with Crippen LogP contribution in [0.15, 0.2) is 18.4 Å². The molecule has 9 heavy (non-hydrogen) atoms. The quantitative estimate of drug-likeness (QED) is 0.324. The molecule has 0 fully saturated rings. The Morgan fingerprint density at radius 1 is 1.56 bits per heavy atom. The lowest BCUT2D eigenvalue weighted by atomic mass is 10.7. The van der Waals surface area contributed by atoms with Crippen LogP contribution in [-0.4, -0.2) is 13.5 Å². The lowest BCUT2D eigenvalue weighted by molar-refractivity contribution is -0.108. The van der Waals surface area contributed by atoms with E-state index in [4.69, 9.17) is 0 Å². The van der Waals surface area contributed by atoms with Gasteiger partial charge in [0.1, 0.15) is 13.5 Å². The van der Waals surface area contributed by atoms with E-state index in [1.54, 1.807) is 0 Å². The molecule has 0 aliphatic heterocycles. The Hall–Kier alpha value is -0.593. The fourth-order valence-electron chi connectivity index (χ4n) is 0.309. The fourth-order valence-corrected chi connectivity index (χ4v) is 0.844. The van der Waals surface area contributed by atoms with E-state index in [-0.39, 0.29) is 5.41 Å². The normalized spacial score (nSPS) is 10.1. The lowest BCUT2D eigenvalue weighted by Gasteiger charge is -2.08. The van der Waals surface area contributed by atoms with Gasteiger partial charge < -0.3 is 4.79 Å². The largest absolute Gasteiger partial charge is 0.300 e. The molecule has 0 bridgehead atoms. The molecule has 0 aliphatic carbocycles. The summed E-state index contributed by atoms with van der Waals surface area (Å²) in [5, 5.41) is 0.206. The summed E-state index contributed by atoms with van der Waals surface area (Å²) in [7, 11) is -1.58. The first-order valence-electron chi connectivity index (χ1n) is 2.89. The van der Waals surface area contributed by atoms with Crippen molar-refractivity contribution in [2.24, 2.45) is 0 Å². The standard InChI is InChI=1S/C7H12OSi/c1-5-6-7(8)9(2,3)4/h6H,1H2,2-4H3. The van der Waals surface area contributed by atoms with Crippen molar-refractivity contribution < 1.29 is 4.79 Å². The first-order chi connectivity index (χ1) is 3.98. The highest BCUT2D eigenvalue weighted by molar-refractivity contribution is 7.04. The van der Waals surface area contributed by atoms with Gasteiger partial charge in [0.05, 0.1) is 0 Å². The van der Waals surface area contributed by atoms with E-state index in [2.05, 4.69) is 12.3 Å². The maximum Gasteiger partial charge on any atom is 0.140 e. The minimum atomic E-state index is -1.58. The predicted octanol–water partition coefficient (Wildman–Crippen LogP) is 1.77. The van der Waals surface area contributed by atoms with Crippen LogP contribution in [-0.2, 0) is 4.79 Å². The van der Waals surface area contributed by atoms with Crippen LogP contribution in [0.25, 0.3) is 0 Å². The van der Waals surface area contributed by atoms with Gasteiger partial charge in [-0.15, -0.1) is 5.73 Å². The van der Waals surface area contributed by atoms with Gasteiger partial charge in [0.25, 0.3) is 0 Å². The SMILES string of the molecule is C=C=CC(=O)[Si](C)(C)C. The fraction of sp³-hybridized carbons (Fsp3) is 0.429. The first kappa shape index (κ1) is 8.41. The van der Waals surface area contributed by atoms with Crippen LogP contribution in [0.3, 0.4) is 0 Å². The number of hydrogen-bond acceptors (Lipinski definition) is 1. The second-order valence-corrected chi connectivity index (χ2v) is 7.96. The van der Waals surface area contributed by atoms with Gasteiger partial charge in [-0.3, -0.25) is 0 Å². The minimum Gasteiger partial charge on any atom is -0.300 e. The average Bonchev–Trinajstić information content (AvgIpc) is 1.64. The van der Waals surface area contributed by atoms with Crippen LogP contribution >= 0.6 is 0 Å². The molecule has 0 aromatic rings. The van der Waals surface area contributed by atoms with Gasteiger partial charge in [-0.25, -0.2) is 0 Å². The van der Waals surface area contributed by atoms with E-state index >= 15 is 0 Å². The molecular weight excluding hydrogens is 128 g/mol. The molecule has 0 N–H and O–H groups in total. The summed E-state index contributed by atoms with van der Waals surface area (Å²) in [5.41, 5.74) is 2.48. The molecule has 0 unspecified atom stereocenters. The molecule has 2 heteroatoms. The molecule has 0 aliphatic rings. The first-order valence-corrected chi connectivity index (χ1v) is 6.39. The van der Waals surface area contributed by atoms with Crippen LogP contribution < -0.4 is 0 Å². The van der Waals surface area contributed by atoms with Gasteiger partial charge in [-0.05, 0) is 0 Å². The average molecular weight is 140 g/mol. The molecule has 0 atom stereocenters. The molecule has 0 aromatic carbocycles. The van der Waals surface area contributed by atoms with E-state index in [0.717, 1.165) is 0 Å². The summed E-state index contributed by atoms with van der Waals surface area (Å²) in [5.74, 6) is 0. The molecular formula is C7H12OSi. The number of rotatable bonds is 2. The predicted molar refractivity (Wildman–Crippen MR) is 42.1 cm³/mol. The van der Waals surface area contributed by atoms with E-state index in [1.807, 2.05) is 19.6 Å². The van der Waals surface area contributed by atoms with Gasteiger partial charge in [-0.1, -0.05) is 26.2 Å². The van der Waals surface area contributed by atoms with E-state index in [0.29, 0.717) is 0 Å². The highest BCUT2D eigenvalue weighted by Crippen LogP contribution is 2.01. The highest BCUT2D eigenvalue weighted by atomic mass is 28.3. The Morgan fingerprint density at radius 3 is 2.11 bits per heavy atom. The van der Waals surface area contributed by atoms with Crippen molar-refractivity contribution >= 4 is 13.5 Å². The van der Waals surface area contributed by atoms with Crippen molar-refractivity contribution in [3.8, 4) is 0 Å². The summed E-state index contributed by atoms with van der Waals surface area (Å²) in [4.78, 5) is 11.0. The van der Waals surface area contributed by atoms with E-state index in [1.165, 1.54) is 6.08 Å². The zero-order valence-electron chi connectivity index (χ0n) is 6.19. The summed E-state index contributed by atoms with van der Waals surface area (Å²) >= 11 is 0. The Kier molecular flexibility index (Phi) is 2.62. The van der Waals surface area contributed by atoms with Crippen molar-refractivity contribution in [2.45, 2.75) is 19.6 Å². The maximum absolute atomic E-state index is 11.0. The molecule has 0 rings (SSSR count). The smallest absolute Gasteiger partial charge is 0.140 e. The van der Waals surface area contributed by atoms with Crippen LogP contribution in [0.2, 0.25) is 19.6 Å². The molecule has 0 saturated heterocycles. The molecule has 50 valence electrons. The van der Waals surface area contributed by atoms with Gasteiger partial charge in [0.2, 0.25) is 0 Å². The van der Waals surface area contributed by atoms with Crippen LogP contribution in [0.4, 0.5) is 0 Å². The minimum absolute atomic E-state index is 0.206. The third kappa shape index (κ3) is 3.06. The Bertz CT molecular complexity index is 158. The lowest BCUT2D eigenvalue weighted by Crippen LogP contribution is -2.31. The molecule has 0 amide bonds. The van der Waals surface area contributed by atoms with Crippen molar-refractivity contribution in [2.75, 3.05) is 0 Å². The van der Waals surface area contributed by atoms with E-state index < -0.39 is 8.07 Å². The van der Waals surface area contributed by atoms with Gasteiger partial charge >= 0.3 is 0 Å². The summed E-state index contributed by atoms with van der Waals surface area (Å²) in [6, 6.07) is 0. The molecule has 0 spiro atoms.